The van der Waals surface area contributed by atoms with E-state index in [4.69, 9.17) is 9.05 Å². The maximum atomic E-state index is 11.3. The van der Waals surface area contributed by atoms with E-state index < -0.39 is 8.25 Å². The third-order valence-corrected chi connectivity index (χ3v) is 5.15. The molecule has 86 valence electrons. The van der Waals surface area contributed by atoms with Gasteiger partial charge in [-0.3, -0.25) is 13.6 Å². The summed E-state index contributed by atoms with van der Waals surface area (Å²) in [5, 5.41) is 0. The van der Waals surface area contributed by atoms with Crippen LogP contribution in [0.15, 0.2) is 0 Å². The molecule has 0 aliphatic carbocycles. The first-order chi connectivity index (χ1) is 6.60. The summed E-state index contributed by atoms with van der Waals surface area (Å²) >= 11 is 4.29. The van der Waals surface area contributed by atoms with Gasteiger partial charge in [0.2, 0.25) is 0 Å². The van der Waals surface area contributed by atoms with Gasteiger partial charge >= 0.3 is 8.25 Å². The van der Waals surface area contributed by atoms with Gasteiger partial charge < -0.3 is 0 Å². The molecule has 0 fully saturated rings. The van der Waals surface area contributed by atoms with E-state index in [2.05, 4.69) is 59.0 Å². The van der Waals surface area contributed by atoms with Gasteiger partial charge in [0.15, 0.2) is 0 Å². The van der Waals surface area contributed by atoms with Gasteiger partial charge in [-0.05, 0) is 12.8 Å². The third-order valence-electron chi connectivity index (χ3n) is 1.48. The Labute approximate surface area is 114 Å². The van der Waals surface area contributed by atoms with E-state index in [0.717, 1.165) is 25.7 Å². The molecule has 3 nitrogen and oxygen atoms in total. The molecular weight excluding hydrogens is 429 g/mol. The van der Waals surface area contributed by atoms with Crippen LogP contribution in [0.1, 0.15) is 39.5 Å². The number of hydrogen-bond donors (Lipinski definition) is 0. The van der Waals surface area contributed by atoms with E-state index >= 15 is 0 Å². The second-order valence-corrected chi connectivity index (χ2v) is 6.63. The summed E-state index contributed by atoms with van der Waals surface area (Å²) in [7, 11) is -2.30. The van der Waals surface area contributed by atoms with Crippen molar-refractivity contribution in [2.75, 3.05) is 0 Å². The Kier molecular flexibility index (Phi) is 10.9. The molecule has 0 aromatic heterocycles. The lowest BCUT2D eigenvalue weighted by atomic mass is 10.4. The minimum atomic E-state index is -2.30. The van der Waals surface area contributed by atoms with Gasteiger partial charge in [-0.1, -0.05) is 71.9 Å². The molecular formula is C8H17I2O3P. The Balaban J connectivity index is 3.63. The van der Waals surface area contributed by atoms with Gasteiger partial charge in [0.25, 0.3) is 0 Å². The van der Waals surface area contributed by atoms with Crippen LogP contribution < -0.4 is 0 Å². The van der Waals surface area contributed by atoms with Crippen molar-refractivity contribution in [3.05, 3.63) is 0 Å². The molecule has 0 saturated carbocycles. The molecule has 0 amide bonds. The fraction of sp³-hybridized carbons (Fsp3) is 1.00. The lowest BCUT2D eigenvalue weighted by Crippen LogP contribution is -2.02. The molecule has 0 aliphatic rings. The summed E-state index contributed by atoms with van der Waals surface area (Å²) in [6.45, 7) is 4.15. The first-order valence-corrected chi connectivity index (χ1v) is 8.47. The van der Waals surface area contributed by atoms with Gasteiger partial charge in [-0.25, -0.2) is 0 Å². The van der Waals surface area contributed by atoms with Crippen LogP contribution in [0.2, 0.25) is 0 Å². The average molecular weight is 446 g/mol. The quantitative estimate of drug-likeness (QED) is 0.313. The van der Waals surface area contributed by atoms with Crippen LogP contribution in [0.5, 0.6) is 0 Å². The molecule has 0 aromatic carbocycles. The number of rotatable bonds is 8. The van der Waals surface area contributed by atoms with Crippen LogP contribution in [0.4, 0.5) is 0 Å². The first kappa shape index (κ1) is 15.6. The second kappa shape index (κ2) is 9.81. The first-order valence-electron chi connectivity index (χ1n) is 4.75. The lowest BCUT2D eigenvalue weighted by Gasteiger charge is -2.13. The minimum Gasteiger partial charge on any atom is -0.297 e. The van der Waals surface area contributed by atoms with Gasteiger partial charge in [0.1, 0.15) is 8.22 Å². The summed E-state index contributed by atoms with van der Waals surface area (Å²) in [6, 6.07) is 0. The fourth-order valence-electron chi connectivity index (χ4n) is 0.808. The van der Waals surface area contributed by atoms with E-state index in [1.54, 1.807) is 0 Å². The van der Waals surface area contributed by atoms with E-state index in [9.17, 15) is 4.57 Å². The predicted molar refractivity (Wildman–Crippen MR) is 76.6 cm³/mol. The number of alkyl halides is 2. The minimum absolute atomic E-state index is 0.00853. The molecule has 0 spiro atoms. The largest absolute Gasteiger partial charge is 0.321 e. The molecule has 0 N–H and O–H groups in total. The normalized spacial score (nSPS) is 17.7. The maximum Gasteiger partial charge on any atom is 0.321 e. The monoisotopic (exact) mass is 446 g/mol. The summed E-state index contributed by atoms with van der Waals surface area (Å²) < 4.78 is 21.8. The second-order valence-electron chi connectivity index (χ2n) is 2.88. The third kappa shape index (κ3) is 8.88. The van der Waals surface area contributed by atoms with Crippen LogP contribution in [-0.4, -0.2) is 8.22 Å². The molecule has 6 heteroatoms. The van der Waals surface area contributed by atoms with Crippen LogP contribution in [-0.2, 0) is 13.6 Å². The zero-order chi connectivity index (χ0) is 11.0. The van der Waals surface area contributed by atoms with Crippen molar-refractivity contribution in [1.82, 2.24) is 0 Å². The molecule has 2 unspecified atom stereocenters. The Bertz CT molecular complexity index is 153. The van der Waals surface area contributed by atoms with Gasteiger partial charge in [0.05, 0.1) is 0 Å². The average Bonchev–Trinajstić information content (AvgIpc) is 2.03. The van der Waals surface area contributed by atoms with Gasteiger partial charge in [0, 0.05) is 0 Å². The highest BCUT2D eigenvalue weighted by atomic mass is 127. The van der Waals surface area contributed by atoms with Gasteiger partial charge in [-0.2, -0.15) is 0 Å². The van der Waals surface area contributed by atoms with Crippen molar-refractivity contribution >= 4 is 53.4 Å². The highest BCUT2D eigenvalue weighted by Gasteiger charge is 2.12. The Morgan fingerprint density at radius 3 is 1.71 bits per heavy atom. The SMILES string of the molecule is CCCC(I)O[PH](=O)OC(I)CCC. The molecule has 0 heterocycles. The molecule has 0 saturated heterocycles. The molecule has 0 rings (SSSR count). The standard InChI is InChI=1S/C8H17I2O3P/c1-3-5-7(9)12-14(11)13-8(10)6-4-2/h7-8,14H,3-6H2,1-2H3. The molecule has 14 heavy (non-hydrogen) atoms. The molecule has 0 bridgehead atoms. The summed E-state index contributed by atoms with van der Waals surface area (Å²) in [5.41, 5.74) is 0. The summed E-state index contributed by atoms with van der Waals surface area (Å²) in [4.78, 5) is 0. The van der Waals surface area contributed by atoms with Crippen LogP contribution in [0, 0.1) is 0 Å². The van der Waals surface area contributed by atoms with Crippen molar-refractivity contribution in [2.45, 2.75) is 47.8 Å². The van der Waals surface area contributed by atoms with Crippen molar-refractivity contribution in [3.63, 3.8) is 0 Å². The molecule has 2 atom stereocenters. The van der Waals surface area contributed by atoms with E-state index in [0.29, 0.717) is 0 Å². The highest BCUT2D eigenvalue weighted by molar-refractivity contribution is 14.1. The summed E-state index contributed by atoms with van der Waals surface area (Å²) in [5.74, 6) is 0. The van der Waals surface area contributed by atoms with E-state index in [1.165, 1.54) is 0 Å². The molecule has 0 aromatic rings. The zero-order valence-electron chi connectivity index (χ0n) is 8.46. The maximum absolute atomic E-state index is 11.3. The Hall–Kier alpha value is 1.61. The zero-order valence-corrected chi connectivity index (χ0v) is 13.8. The van der Waals surface area contributed by atoms with Crippen LogP contribution >= 0.6 is 53.4 Å². The Morgan fingerprint density at radius 2 is 1.43 bits per heavy atom. The van der Waals surface area contributed by atoms with E-state index in [1.807, 2.05) is 0 Å². The van der Waals surface area contributed by atoms with Crippen molar-refractivity contribution in [3.8, 4) is 0 Å². The van der Waals surface area contributed by atoms with Gasteiger partial charge in [-0.15, -0.1) is 0 Å². The smallest absolute Gasteiger partial charge is 0.297 e. The van der Waals surface area contributed by atoms with E-state index in [-0.39, 0.29) is 8.22 Å². The number of hydrogen-bond acceptors (Lipinski definition) is 3. The molecule has 0 radical (unpaired) electrons. The molecule has 0 aliphatic heterocycles. The van der Waals surface area contributed by atoms with Crippen LogP contribution in [0.3, 0.4) is 0 Å². The fourth-order valence-corrected chi connectivity index (χ4v) is 4.01. The van der Waals surface area contributed by atoms with Crippen molar-refractivity contribution in [1.29, 1.82) is 0 Å². The Morgan fingerprint density at radius 1 is 1.07 bits per heavy atom. The van der Waals surface area contributed by atoms with Crippen LogP contribution in [0.25, 0.3) is 0 Å². The van der Waals surface area contributed by atoms with Crippen molar-refractivity contribution < 1.29 is 13.6 Å². The highest BCUT2D eigenvalue weighted by Crippen LogP contribution is 2.34. The van der Waals surface area contributed by atoms with Crippen molar-refractivity contribution in [2.24, 2.45) is 0 Å². The lowest BCUT2D eigenvalue weighted by molar-refractivity contribution is 0.205. The topological polar surface area (TPSA) is 35.5 Å². The number of halogens is 2. The summed E-state index contributed by atoms with van der Waals surface area (Å²) in [6.07, 6.45) is 3.90. The predicted octanol–water partition coefficient (Wildman–Crippen LogP) is 4.53.